The van der Waals surface area contributed by atoms with Crippen LogP contribution in [0.4, 0.5) is 5.69 Å². The van der Waals surface area contributed by atoms with Crippen molar-refractivity contribution in [3.8, 4) is 0 Å². The third-order valence-corrected chi connectivity index (χ3v) is 0.729. The molecule has 0 aliphatic heterocycles. The van der Waals surface area contributed by atoms with Crippen LogP contribution in [0.5, 0.6) is 0 Å². The van der Waals surface area contributed by atoms with E-state index in [1.807, 2.05) is 0 Å². The van der Waals surface area contributed by atoms with Crippen molar-refractivity contribution >= 4 is 5.69 Å². The van der Waals surface area contributed by atoms with E-state index >= 15 is 0 Å². The molecule has 0 amide bonds. The minimum Gasteiger partial charge on any atom is -0.431 e. The number of hydrogen-bond donors (Lipinski definition) is 1. The topological polar surface area (TPSA) is 56.2 Å². The van der Waals surface area contributed by atoms with E-state index in [0.29, 0.717) is 5.69 Å². The van der Waals surface area contributed by atoms with Gasteiger partial charge in [-0.3, -0.25) is 0 Å². The van der Waals surface area contributed by atoms with Gasteiger partial charge in [-0.25, -0.2) is 4.79 Å². The first-order chi connectivity index (χ1) is 3.79. The molecule has 1 rings (SSSR count). The lowest BCUT2D eigenvalue weighted by atomic mass is 10.4. The summed E-state index contributed by atoms with van der Waals surface area (Å²) in [5, 5.41) is 0. The van der Waals surface area contributed by atoms with Crippen LogP contribution in [0.25, 0.3) is 0 Å². The monoisotopic (exact) mass is 111 g/mol. The molecule has 42 valence electrons. The van der Waals surface area contributed by atoms with Crippen molar-refractivity contribution in [3.63, 3.8) is 0 Å². The lowest BCUT2D eigenvalue weighted by molar-refractivity contribution is 0.511. The van der Waals surface area contributed by atoms with Crippen molar-refractivity contribution in [3.05, 3.63) is 28.8 Å². The fraction of sp³-hybridized carbons (Fsp3) is 0. The van der Waals surface area contributed by atoms with Gasteiger partial charge in [-0.05, 0) is 6.07 Å². The molecule has 0 aliphatic carbocycles. The molecule has 0 saturated carbocycles. The molecule has 0 aliphatic rings. The quantitative estimate of drug-likeness (QED) is 0.521. The molecule has 0 saturated heterocycles. The predicted molar refractivity (Wildman–Crippen MR) is 29.4 cm³/mol. The highest BCUT2D eigenvalue weighted by Gasteiger charge is 1.83. The first kappa shape index (κ1) is 4.90. The molecule has 3 heteroatoms. The Balaban J connectivity index is 3.28. The lowest BCUT2D eigenvalue weighted by Gasteiger charge is -1.83. The Hall–Kier alpha value is -1.25. The highest BCUT2D eigenvalue weighted by Crippen LogP contribution is 1.91. The van der Waals surface area contributed by atoms with Crippen LogP contribution in [-0.4, -0.2) is 0 Å². The smallest absolute Gasteiger partial charge is 0.337 e. The predicted octanol–water partition coefficient (Wildman–Crippen LogP) is 0.222. The molecule has 1 aromatic rings. The van der Waals surface area contributed by atoms with Crippen LogP contribution < -0.4 is 11.4 Å². The van der Waals surface area contributed by atoms with Crippen LogP contribution >= 0.6 is 0 Å². The number of anilines is 1. The van der Waals surface area contributed by atoms with Crippen molar-refractivity contribution in [1.82, 2.24) is 0 Å². The number of nitrogens with two attached hydrogens (primary N) is 1. The zero-order chi connectivity index (χ0) is 5.98. The molecule has 1 aromatic heterocycles. The molecule has 0 unspecified atom stereocenters. The molecule has 0 fully saturated rings. The number of rotatable bonds is 0. The standard InChI is InChI=1S/C5H5NO2/c6-4-1-2-8-5(7)3-4/h1-3H,6H2. The molecule has 0 bridgehead atoms. The summed E-state index contributed by atoms with van der Waals surface area (Å²) in [6.07, 6.45) is 1.26. The molecular weight excluding hydrogens is 106 g/mol. The second-order valence-electron chi connectivity index (χ2n) is 1.38. The highest BCUT2D eigenvalue weighted by atomic mass is 16.4. The molecule has 0 atom stereocenters. The van der Waals surface area contributed by atoms with E-state index < -0.39 is 5.63 Å². The third-order valence-electron chi connectivity index (χ3n) is 0.729. The van der Waals surface area contributed by atoms with Gasteiger partial charge in [-0.2, -0.15) is 0 Å². The fourth-order valence-electron chi connectivity index (χ4n) is 0.398. The van der Waals surface area contributed by atoms with Gasteiger partial charge in [-0.1, -0.05) is 0 Å². The van der Waals surface area contributed by atoms with Gasteiger partial charge in [0, 0.05) is 11.8 Å². The van der Waals surface area contributed by atoms with E-state index in [-0.39, 0.29) is 0 Å². The Bertz CT molecular complexity index is 228. The second-order valence-corrected chi connectivity index (χ2v) is 1.38. The largest absolute Gasteiger partial charge is 0.431 e. The number of hydrogen-bond acceptors (Lipinski definition) is 3. The maximum Gasteiger partial charge on any atom is 0.337 e. The average Bonchev–Trinajstić information content (AvgIpc) is 1.64. The maximum atomic E-state index is 10.2. The van der Waals surface area contributed by atoms with E-state index in [2.05, 4.69) is 4.42 Å². The van der Waals surface area contributed by atoms with Crippen LogP contribution in [0, 0.1) is 0 Å². The Morgan fingerprint density at radius 3 is 2.75 bits per heavy atom. The first-order valence-electron chi connectivity index (χ1n) is 2.13. The Morgan fingerprint density at radius 2 is 2.38 bits per heavy atom. The molecule has 3 nitrogen and oxygen atoms in total. The summed E-state index contributed by atoms with van der Waals surface area (Å²) in [7, 11) is 0. The van der Waals surface area contributed by atoms with E-state index in [9.17, 15) is 4.79 Å². The van der Waals surface area contributed by atoms with E-state index in [1.54, 1.807) is 0 Å². The van der Waals surface area contributed by atoms with E-state index in [0.717, 1.165) is 0 Å². The highest BCUT2D eigenvalue weighted by molar-refractivity contribution is 5.32. The summed E-state index contributed by atoms with van der Waals surface area (Å²) in [5.41, 5.74) is 5.22. The van der Waals surface area contributed by atoms with Crippen LogP contribution in [0.1, 0.15) is 0 Å². The average molecular weight is 111 g/mol. The molecule has 0 aromatic carbocycles. The van der Waals surface area contributed by atoms with Crippen molar-refractivity contribution < 1.29 is 4.42 Å². The van der Waals surface area contributed by atoms with Gasteiger partial charge in [0.05, 0.1) is 6.26 Å². The summed E-state index contributed by atoms with van der Waals surface area (Å²) >= 11 is 0. The summed E-state index contributed by atoms with van der Waals surface area (Å²) < 4.78 is 4.37. The Labute approximate surface area is 45.7 Å². The maximum absolute atomic E-state index is 10.2. The van der Waals surface area contributed by atoms with Crippen molar-refractivity contribution in [2.24, 2.45) is 0 Å². The third kappa shape index (κ3) is 0.872. The van der Waals surface area contributed by atoms with Gasteiger partial charge in [0.15, 0.2) is 0 Å². The number of nitrogen functional groups attached to an aromatic ring is 1. The van der Waals surface area contributed by atoms with E-state index in [1.165, 1.54) is 18.4 Å². The zero-order valence-electron chi connectivity index (χ0n) is 4.13. The molecule has 8 heavy (non-hydrogen) atoms. The summed E-state index contributed by atoms with van der Waals surface area (Å²) in [4.78, 5) is 10.2. The SMILES string of the molecule is Nc1ccoc(=O)c1. The minimum atomic E-state index is -0.412. The second kappa shape index (κ2) is 1.69. The van der Waals surface area contributed by atoms with Crippen molar-refractivity contribution in [2.45, 2.75) is 0 Å². The fourth-order valence-corrected chi connectivity index (χ4v) is 0.398. The van der Waals surface area contributed by atoms with Crippen LogP contribution in [-0.2, 0) is 0 Å². The van der Waals surface area contributed by atoms with Gasteiger partial charge in [-0.15, -0.1) is 0 Å². The van der Waals surface area contributed by atoms with Crippen molar-refractivity contribution in [2.75, 3.05) is 5.73 Å². The first-order valence-corrected chi connectivity index (χ1v) is 2.13. The van der Waals surface area contributed by atoms with Gasteiger partial charge in [0.25, 0.3) is 0 Å². The molecule has 2 N–H and O–H groups in total. The Morgan fingerprint density at radius 1 is 1.62 bits per heavy atom. The molecule has 0 spiro atoms. The minimum absolute atomic E-state index is 0.412. The van der Waals surface area contributed by atoms with Crippen LogP contribution in [0.15, 0.2) is 27.6 Å². The molecular formula is C5H5NO2. The Kier molecular flexibility index (Phi) is 1.04. The zero-order valence-corrected chi connectivity index (χ0v) is 4.13. The summed E-state index contributed by atoms with van der Waals surface area (Å²) in [6.45, 7) is 0. The molecule has 0 radical (unpaired) electrons. The van der Waals surface area contributed by atoms with Gasteiger partial charge >= 0.3 is 5.63 Å². The van der Waals surface area contributed by atoms with Crippen LogP contribution in [0.2, 0.25) is 0 Å². The van der Waals surface area contributed by atoms with Crippen LogP contribution in [0.3, 0.4) is 0 Å². The van der Waals surface area contributed by atoms with Crippen molar-refractivity contribution in [1.29, 1.82) is 0 Å². The van der Waals surface area contributed by atoms with Gasteiger partial charge in [0.2, 0.25) is 0 Å². The summed E-state index contributed by atoms with van der Waals surface area (Å²) in [5.74, 6) is 0. The van der Waals surface area contributed by atoms with Gasteiger partial charge in [0.1, 0.15) is 0 Å². The summed E-state index contributed by atoms with van der Waals surface area (Å²) in [6, 6.07) is 2.74. The van der Waals surface area contributed by atoms with Gasteiger partial charge < -0.3 is 10.2 Å². The molecule has 1 heterocycles. The normalized spacial score (nSPS) is 9.00. The van der Waals surface area contributed by atoms with E-state index in [4.69, 9.17) is 5.73 Å². The lowest BCUT2D eigenvalue weighted by Crippen LogP contribution is -1.96.